The highest BCUT2D eigenvalue weighted by Gasteiger charge is 2.26. The molecule has 2 aliphatic rings. The maximum absolute atomic E-state index is 13.5. The predicted molar refractivity (Wildman–Crippen MR) is 100 cm³/mol. The van der Waals surface area contributed by atoms with Crippen LogP contribution < -0.4 is 10.0 Å². The number of fused-ring (bicyclic) bond motifs is 1. The fourth-order valence-electron chi connectivity index (χ4n) is 3.79. The fraction of sp³-hybridized carbons (Fsp3) is 0.684. The summed E-state index contributed by atoms with van der Waals surface area (Å²) >= 11 is 0. The van der Waals surface area contributed by atoms with E-state index in [2.05, 4.69) is 16.1 Å². The van der Waals surface area contributed by atoms with E-state index in [-0.39, 0.29) is 11.3 Å². The molecule has 4 nitrogen and oxygen atoms in total. The first-order valence-corrected chi connectivity index (χ1v) is 10.9. The number of nitrogens with one attached hydrogen (secondary N) is 2. The maximum atomic E-state index is 13.5. The topological polar surface area (TPSA) is 58.2 Å². The van der Waals surface area contributed by atoms with Crippen molar-refractivity contribution in [2.24, 2.45) is 5.92 Å². The third-order valence-electron chi connectivity index (χ3n) is 5.48. The third kappa shape index (κ3) is 4.73. The Kier molecular flexibility index (Phi) is 5.68. The number of anilines is 1. The van der Waals surface area contributed by atoms with E-state index in [0.717, 1.165) is 49.0 Å². The molecular weight excluding hydrogens is 339 g/mol. The summed E-state index contributed by atoms with van der Waals surface area (Å²) in [6.45, 7) is 4.31. The van der Waals surface area contributed by atoms with Crippen LogP contribution in [0.3, 0.4) is 0 Å². The van der Waals surface area contributed by atoms with Gasteiger partial charge in [-0.3, -0.25) is 0 Å². The zero-order valence-corrected chi connectivity index (χ0v) is 15.9. The van der Waals surface area contributed by atoms with Crippen LogP contribution in [0.4, 0.5) is 10.1 Å². The molecule has 1 aromatic carbocycles. The summed E-state index contributed by atoms with van der Waals surface area (Å²) in [5, 5.41) is 3.10. The molecule has 0 heterocycles. The van der Waals surface area contributed by atoms with Crippen molar-refractivity contribution in [1.82, 2.24) is 4.72 Å². The van der Waals surface area contributed by atoms with Crippen molar-refractivity contribution in [3.05, 3.63) is 29.3 Å². The molecule has 25 heavy (non-hydrogen) atoms. The van der Waals surface area contributed by atoms with Gasteiger partial charge in [-0.15, -0.1) is 0 Å². The van der Waals surface area contributed by atoms with Crippen molar-refractivity contribution >= 4 is 15.7 Å². The van der Waals surface area contributed by atoms with Crippen molar-refractivity contribution in [3.63, 3.8) is 0 Å². The molecule has 1 atom stereocenters. The second-order valence-corrected chi connectivity index (χ2v) is 10.1. The number of alkyl halides is 1. The second-order valence-electron chi connectivity index (χ2n) is 7.80. The number of benzene rings is 1. The van der Waals surface area contributed by atoms with Gasteiger partial charge in [0.2, 0.25) is 10.0 Å². The zero-order valence-electron chi connectivity index (χ0n) is 15.1. The van der Waals surface area contributed by atoms with Crippen LogP contribution in [0.25, 0.3) is 0 Å². The van der Waals surface area contributed by atoms with Gasteiger partial charge in [-0.25, -0.2) is 17.5 Å². The lowest BCUT2D eigenvalue weighted by Crippen LogP contribution is -2.41. The minimum atomic E-state index is -3.18. The lowest BCUT2D eigenvalue weighted by atomic mass is 9.86. The molecule has 0 bridgehead atoms. The van der Waals surface area contributed by atoms with E-state index in [1.54, 1.807) is 13.8 Å². The number of halogens is 1. The molecule has 1 unspecified atom stereocenters. The highest BCUT2D eigenvalue weighted by Crippen LogP contribution is 2.29. The first kappa shape index (κ1) is 18.6. The lowest BCUT2D eigenvalue weighted by Gasteiger charge is -2.29. The van der Waals surface area contributed by atoms with Crippen LogP contribution in [0, 0.1) is 5.92 Å². The van der Waals surface area contributed by atoms with Crippen LogP contribution in [0.5, 0.6) is 0 Å². The summed E-state index contributed by atoms with van der Waals surface area (Å²) in [5.74, 6) is 0.557. The number of hydrogen-bond donors (Lipinski definition) is 2. The lowest BCUT2D eigenvalue weighted by molar-refractivity contribution is 0.323. The Morgan fingerprint density at radius 1 is 1.12 bits per heavy atom. The fourth-order valence-corrected chi connectivity index (χ4v) is 4.76. The highest BCUT2D eigenvalue weighted by molar-refractivity contribution is 7.90. The average molecular weight is 369 g/mol. The SMILES string of the molecule is CC(C)S(=O)(=O)NC1CCC(CNc2ccc3c(c2)CC(F)C3)CC1. The van der Waals surface area contributed by atoms with Gasteiger partial charge >= 0.3 is 0 Å². The molecular formula is C19H29FN2O2S. The molecule has 1 saturated carbocycles. The molecule has 0 aliphatic heterocycles. The van der Waals surface area contributed by atoms with Gasteiger partial charge in [-0.1, -0.05) is 6.07 Å². The molecule has 140 valence electrons. The summed E-state index contributed by atoms with van der Waals surface area (Å²) in [6.07, 6.45) is 4.19. The largest absolute Gasteiger partial charge is 0.385 e. The van der Waals surface area contributed by atoms with Crippen LogP contribution in [-0.4, -0.2) is 32.4 Å². The molecule has 1 aromatic rings. The van der Waals surface area contributed by atoms with Crippen molar-refractivity contribution < 1.29 is 12.8 Å². The van der Waals surface area contributed by atoms with Gasteiger partial charge in [0.1, 0.15) is 6.17 Å². The van der Waals surface area contributed by atoms with Gasteiger partial charge in [0.15, 0.2) is 0 Å². The van der Waals surface area contributed by atoms with E-state index in [1.165, 1.54) is 0 Å². The number of sulfonamides is 1. The monoisotopic (exact) mass is 368 g/mol. The Morgan fingerprint density at radius 2 is 1.80 bits per heavy atom. The Bertz CT molecular complexity index is 697. The summed E-state index contributed by atoms with van der Waals surface area (Å²) in [6, 6.07) is 6.23. The summed E-state index contributed by atoms with van der Waals surface area (Å²) < 4.78 is 40.2. The van der Waals surface area contributed by atoms with Crippen molar-refractivity contribution in [2.45, 2.75) is 69.8 Å². The minimum Gasteiger partial charge on any atom is -0.385 e. The summed E-state index contributed by atoms with van der Waals surface area (Å²) in [4.78, 5) is 0. The number of hydrogen-bond acceptors (Lipinski definition) is 3. The summed E-state index contributed by atoms with van der Waals surface area (Å²) in [5.41, 5.74) is 3.33. The number of rotatable bonds is 6. The van der Waals surface area contributed by atoms with Crippen molar-refractivity contribution in [1.29, 1.82) is 0 Å². The molecule has 0 spiro atoms. The standard InChI is InChI=1S/C19H29FN2O2S/c1-13(2)25(23,24)22-18-6-3-14(4-7-18)12-21-19-8-5-15-9-17(20)10-16(15)11-19/h5,8,11,13-14,17-18,21-22H,3-4,6-7,9-10,12H2,1-2H3. The molecule has 6 heteroatoms. The Morgan fingerprint density at radius 3 is 2.48 bits per heavy atom. The molecule has 2 aliphatic carbocycles. The average Bonchev–Trinajstić information content (AvgIpc) is 2.93. The molecule has 0 aromatic heterocycles. The van der Waals surface area contributed by atoms with Crippen molar-refractivity contribution in [3.8, 4) is 0 Å². The van der Waals surface area contributed by atoms with E-state index in [0.29, 0.717) is 18.8 Å². The van der Waals surface area contributed by atoms with Gasteiger partial charge in [-0.2, -0.15) is 0 Å². The first-order valence-electron chi connectivity index (χ1n) is 9.34. The Labute approximate surface area is 150 Å². The van der Waals surface area contributed by atoms with Crippen LogP contribution in [0.1, 0.15) is 50.7 Å². The smallest absolute Gasteiger partial charge is 0.214 e. The van der Waals surface area contributed by atoms with E-state index >= 15 is 0 Å². The highest BCUT2D eigenvalue weighted by atomic mass is 32.2. The van der Waals surface area contributed by atoms with Crippen LogP contribution in [0.15, 0.2) is 18.2 Å². The van der Waals surface area contributed by atoms with Gasteiger partial charge in [0, 0.05) is 31.1 Å². The van der Waals surface area contributed by atoms with E-state index in [9.17, 15) is 12.8 Å². The van der Waals surface area contributed by atoms with Crippen LogP contribution in [0.2, 0.25) is 0 Å². The van der Waals surface area contributed by atoms with Gasteiger partial charge in [0.25, 0.3) is 0 Å². The molecule has 0 amide bonds. The third-order valence-corrected chi connectivity index (χ3v) is 7.39. The Balaban J connectivity index is 1.45. The molecule has 0 radical (unpaired) electrons. The molecule has 0 saturated heterocycles. The van der Waals surface area contributed by atoms with Crippen LogP contribution >= 0.6 is 0 Å². The second kappa shape index (κ2) is 7.62. The first-order chi connectivity index (χ1) is 11.8. The minimum absolute atomic E-state index is 0.0742. The van der Waals surface area contributed by atoms with Gasteiger partial charge in [-0.05, 0) is 68.7 Å². The molecule has 3 rings (SSSR count). The van der Waals surface area contributed by atoms with E-state index < -0.39 is 16.2 Å². The van der Waals surface area contributed by atoms with Crippen molar-refractivity contribution in [2.75, 3.05) is 11.9 Å². The molecule has 1 fully saturated rings. The normalized spacial score (nSPS) is 26.6. The molecule has 2 N–H and O–H groups in total. The Hall–Kier alpha value is -1.14. The van der Waals surface area contributed by atoms with E-state index in [4.69, 9.17) is 0 Å². The quantitative estimate of drug-likeness (QED) is 0.809. The van der Waals surface area contributed by atoms with Gasteiger partial charge in [0.05, 0.1) is 5.25 Å². The van der Waals surface area contributed by atoms with Gasteiger partial charge < -0.3 is 5.32 Å². The predicted octanol–water partition coefficient (Wildman–Crippen LogP) is 3.42. The van der Waals surface area contributed by atoms with E-state index in [1.807, 2.05) is 12.1 Å². The van der Waals surface area contributed by atoms with Crippen LogP contribution in [-0.2, 0) is 22.9 Å². The zero-order chi connectivity index (χ0) is 18.0. The maximum Gasteiger partial charge on any atom is 0.214 e. The summed E-state index contributed by atoms with van der Waals surface area (Å²) in [7, 11) is -3.18.